The van der Waals surface area contributed by atoms with E-state index in [4.69, 9.17) is 4.74 Å². The highest BCUT2D eigenvalue weighted by Gasteiger charge is 2.13. The lowest BCUT2D eigenvalue weighted by atomic mass is 10.3. The second kappa shape index (κ2) is 7.21. The number of nitrogens with one attached hydrogen (secondary N) is 2. The van der Waals surface area contributed by atoms with E-state index < -0.39 is 5.82 Å². The molecule has 0 saturated carbocycles. The summed E-state index contributed by atoms with van der Waals surface area (Å²) in [5, 5.41) is 6.05. The number of rotatable bonds is 4. The highest BCUT2D eigenvalue weighted by atomic mass is 19.1. The fourth-order valence-electron chi connectivity index (χ4n) is 2.20. The fraction of sp³-hybridized carbons (Fsp3) is 0.500. The average Bonchev–Trinajstić information content (AvgIpc) is 2.69. The summed E-state index contributed by atoms with van der Waals surface area (Å²) >= 11 is 0. The van der Waals surface area contributed by atoms with E-state index in [9.17, 15) is 9.18 Å². The van der Waals surface area contributed by atoms with E-state index in [-0.39, 0.29) is 11.7 Å². The van der Waals surface area contributed by atoms with Crippen molar-refractivity contribution in [3.05, 3.63) is 24.0 Å². The fourth-order valence-corrected chi connectivity index (χ4v) is 2.20. The van der Waals surface area contributed by atoms with Crippen LogP contribution in [0.4, 0.5) is 10.1 Å². The van der Waals surface area contributed by atoms with E-state index in [1.807, 2.05) is 0 Å². The van der Waals surface area contributed by atoms with Crippen molar-refractivity contribution in [1.82, 2.24) is 10.2 Å². The first-order chi connectivity index (χ1) is 9.69. The van der Waals surface area contributed by atoms with Crippen LogP contribution in [0, 0.1) is 5.82 Å². The molecule has 0 spiro atoms. The van der Waals surface area contributed by atoms with Gasteiger partial charge in [0.25, 0.3) is 0 Å². The molecule has 0 unspecified atom stereocenters. The highest BCUT2D eigenvalue weighted by molar-refractivity contribution is 5.92. The lowest BCUT2D eigenvalue weighted by molar-refractivity contribution is -0.117. The molecule has 2 N–H and O–H groups in total. The van der Waals surface area contributed by atoms with Crippen molar-refractivity contribution in [1.29, 1.82) is 0 Å². The predicted molar refractivity (Wildman–Crippen MR) is 75.5 cm³/mol. The molecule has 1 aromatic rings. The maximum Gasteiger partial charge on any atom is 0.238 e. The molecule has 5 nitrogen and oxygen atoms in total. The minimum absolute atomic E-state index is 0.0967. The van der Waals surface area contributed by atoms with E-state index in [0.29, 0.717) is 12.2 Å². The Morgan fingerprint density at radius 3 is 3.10 bits per heavy atom. The first kappa shape index (κ1) is 14.7. The van der Waals surface area contributed by atoms with Crippen LogP contribution in [0.25, 0.3) is 0 Å². The molecule has 1 aliphatic heterocycles. The second-order valence-electron chi connectivity index (χ2n) is 4.78. The van der Waals surface area contributed by atoms with E-state index in [0.717, 1.165) is 32.6 Å². The quantitative estimate of drug-likeness (QED) is 0.867. The van der Waals surface area contributed by atoms with Gasteiger partial charge in [-0.3, -0.25) is 9.69 Å². The number of nitrogens with zero attached hydrogens (tertiary/aromatic N) is 1. The molecule has 2 rings (SSSR count). The van der Waals surface area contributed by atoms with Gasteiger partial charge in [0.2, 0.25) is 5.91 Å². The number of ether oxygens (including phenoxy) is 1. The maximum atomic E-state index is 13.3. The number of amides is 1. The number of carbonyl (C=O) groups excluding carboxylic acids is 1. The van der Waals surface area contributed by atoms with Crippen LogP contribution in [0.2, 0.25) is 0 Å². The van der Waals surface area contributed by atoms with E-state index in [2.05, 4.69) is 15.5 Å². The molecule has 6 heteroatoms. The molecule has 1 aromatic carbocycles. The summed E-state index contributed by atoms with van der Waals surface area (Å²) in [6, 6.07) is 4.29. The van der Waals surface area contributed by atoms with Gasteiger partial charge in [0, 0.05) is 24.8 Å². The van der Waals surface area contributed by atoms with Crippen molar-refractivity contribution in [2.75, 3.05) is 45.2 Å². The Morgan fingerprint density at radius 2 is 2.30 bits per heavy atom. The number of halogens is 1. The van der Waals surface area contributed by atoms with Crippen LogP contribution in [0.5, 0.6) is 5.75 Å². The monoisotopic (exact) mass is 281 g/mol. The van der Waals surface area contributed by atoms with Gasteiger partial charge >= 0.3 is 0 Å². The van der Waals surface area contributed by atoms with Crippen LogP contribution in [0.1, 0.15) is 6.42 Å². The molecule has 110 valence electrons. The molecule has 1 saturated heterocycles. The third kappa shape index (κ3) is 4.18. The Labute approximate surface area is 118 Å². The second-order valence-corrected chi connectivity index (χ2v) is 4.78. The molecule has 1 aliphatic rings. The van der Waals surface area contributed by atoms with Gasteiger partial charge in [0.05, 0.1) is 13.7 Å². The molecule has 1 heterocycles. The standard InChI is InChI=1S/C14H20FN3O2/c1-20-13-9-11(3-4-12(13)15)17-14(19)10-18-7-2-5-16-6-8-18/h3-4,9,16H,2,5-8,10H2,1H3,(H,17,19). The molecular formula is C14H20FN3O2. The smallest absolute Gasteiger partial charge is 0.238 e. The van der Waals surface area contributed by atoms with Crippen molar-refractivity contribution >= 4 is 11.6 Å². The van der Waals surface area contributed by atoms with Crippen LogP contribution in [0.15, 0.2) is 18.2 Å². The van der Waals surface area contributed by atoms with Crippen LogP contribution >= 0.6 is 0 Å². The Kier molecular flexibility index (Phi) is 5.31. The van der Waals surface area contributed by atoms with Crippen molar-refractivity contribution < 1.29 is 13.9 Å². The van der Waals surface area contributed by atoms with Gasteiger partial charge in [-0.05, 0) is 31.6 Å². The van der Waals surface area contributed by atoms with Crippen molar-refractivity contribution in [2.45, 2.75) is 6.42 Å². The minimum Gasteiger partial charge on any atom is -0.494 e. The van der Waals surface area contributed by atoms with Gasteiger partial charge in [-0.25, -0.2) is 4.39 Å². The largest absolute Gasteiger partial charge is 0.494 e. The molecule has 1 fully saturated rings. The first-order valence-electron chi connectivity index (χ1n) is 6.75. The summed E-state index contributed by atoms with van der Waals surface area (Å²) in [5.74, 6) is -0.411. The van der Waals surface area contributed by atoms with Crippen molar-refractivity contribution in [2.24, 2.45) is 0 Å². The van der Waals surface area contributed by atoms with E-state index in [1.54, 1.807) is 0 Å². The number of carbonyl (C=O) groups is 1. The zero-order valence-corrected chi connectivity index (χ0v) is 11.6. The third-order valence-corrected chi connectivity index (χ3v) is 3.23. The lowest BCUT2D eigenvalue weighted by Crippen LogP contribution is -2.35. The van der Waals surface area contributed by atoms with Crippen LogP contribution in [-0.4, -0.2) is 50.6 Å². The maximum absolute atomic E-state index is 13.3. The molecule has 0 aliphatic carbocycles. The summed E-state index contributed by atoms with van der Waals surface area (Å²) in [7, 11) is 1.40. The molecule has 1 amide bonds. The van der Waals surface area contributed by atoms with Gasteiger partial charge in [-0.1, -0.05) is 0 Å². The third-order valence-electron chi connectivity index (χ3n) is 3.23. The number of hydrogen-bond donors (Lipinski definition) is 2. The number of benzene rings is 1. The summed E-state index contributed by atoms with van der Waals surface area (Å²) in [6.07, 6.45) is 1.04. The Hall–Kier alpha value is -1.66. The number of hydrogen-bond acceptors (Lipinski definition) is 4. The lowest BCUT2D eigenvalue weighted by Gasteiger charge is -2.18. The van der Waals surface area contributed by atoms with Gasteiger partial charge < -0.3 is 15.4 Å². The Bertz CT molecular complexity index is 460. The molecule has 0 aromatic heterocycles. The van der Waals surface area contributed by atoms with Gasteiger partial charge in [0.15, 0.2) is 11.6 Å². The summed E-state index contributed by atoms with van der Waals surface area (Å²) in [5.41, 5.74) is 0.543. The van der Waals surface area contributed by atoms with Crippen LogP contribution in [0.3, 0.4) is 0 Å². The zero-order valence-electron chi connectivity index (χ0n) is 11.6. The van der Waals surface area contributed by atoms with Gasteiger partial charge in [-0.2, -0.15) is 0 Å². The predicted octanol–water partition coefficient (Wildman–Crippen LogP) is 1.07. The molecular weight excluding hydrogens is 261 g/mol. The SMILES string of the molecule is COc1cc(NC(=O)CN2CCCNCC2)ccc1F. The summed E-state index contributed by atoms with van der Waals surface area (Å²) < 4.78 is 18.2. The molecule has 0 bridgehead atoms. The molecule has 0 radical (unpaired) electrons. The topological polar surface area (TPSA) is 53.6 Å². The van der Waals surface area contributed by atoms with E-state index in [1.165, 1.54) is 25.3 Å². The first-order valence-corrected chi connectivity index (χ1v) is 6.75. The van der Waals surface area contributed by atoms with Gasteiger partial charge in [0.1, 0.15) is 0 Å². The van der Waals surface area contributed by atoms with Crippen molar-refractivity contribution in [3.8, 4) is 5.75 Å². The number of methoxy groups -OCH3 is 1. The van der Waals surface area contributed by atoms with Gasteiger partial charge in [-0.15, -0.1) is 0 Å². The van der Waals surface area contributed by atoms with Crippen molar-refractivity contribution in [3.63, 3.8) is 0 Å². The normalized spacial score (nSPS) is 16.5. The number of anilines is 1. The van der Waals surface area contributed by atoms with Crippen LogP contribution in [-0.2, 0) is 4.79 Å². The summed E-state index contributed by atoms with van der Waals surface area (Å²) in [6.45, 7) is 4.01. The molecule has 20 heavy (non-hydrogen) atoms. The summed E-state index contributed by atoms with van der Waals surface area (Å²) in [4.78, 5) is 14.1. The molecule has 0 atom stereocenters. The average molecular weight is 281 g/mol. The minimum atomic E-state index is -0.441. The Morgan fingerprint density at radius 1 is 1.45 bits per heavy atom. The highest BCUT2D eigenvalue weighted by Crippen LogP contribution is 2.21. The van der Waals surface area contributed by atoms with Crippen LogP contribution < -0.4 is 15.4 Å². The van der Waals surface area contributed by atoms with E-state index >= 15 is 0 Å². The Balaban J connectivity index is 1.90. The zero-order chi connectivity index (χ0) is 14.4.